The molecule has 3 N–H and O–H groups in total. The Kier molecular flexibility index (Phi) is 5.71. The first kappa shape index (κ1) is 17.8. The Hall–Kier alpha value is -3.05. The number of rotatable bonds is 5. The van der Waals surface area contributed by atoms with Crippen LogP contribution >= 0.6 is 11.6 Å². The fourth-order valence-electron chi connectivity index (χ4n) is 2.38. The van der Waals surface area contributed by atoms with Crippen molar-refractivity contribution in [3.05, 3.63) is 89.2 Å². The van der Waals surface area contributed by atoms with Crippen LogP contribution in [-0.4, -0.2) is 6.03 Å². The van der Waals surface area contributed by atoms with E-state index in [2.05, 4.69) is 16.0 Å². The van der Waals surface area contributed by atoms with Crippen LogP contribution in [0.2, 0.25) is 5.02 Å². The molecule has 0 saturated carbocycles. The number of anilines is 3. The largest absolute Gasteiger partial charge is 0.380 e. The van der Waals surface area contributed by atoms with E-state index < -0.39 is 11.8 Å². The third kappa shape index (κ3) is 4.74. The minimum absolute atomic E-state index is 0.109. The summed E-state index contributed by atoms with van der Waals surface area (Å²) >= 11 is 6.27. The van der Waals surface area contributed by atoms with Gasteiger partial charge in [-0.3, -0.25) is 0 Å². The highest BCUT2D eigenvalue weighted by atomic mass is 35.5. The van der Waals surface area contributed by atoms with E-state index >= 15 is 0 Å². The highest BCUT2D eigenvalue weighted by Gasteiger charge is 2.08. The fraction of sp³-hybridized carbons (Fsp3) is 0.0500. The SMILES string of the molecule is O=C(Nc1ccc(NCc2ccccc2)c(Cl)c1)Nc1ccccc1F. The van der Waals surface area contributed by atoms with Gasteiger partial charge in [-0.25, -0.2) is 9.18 Å². The van der Waals surface area contributed by atoms with Crippen LogP contribution in [0.3, 0.4) is 0 Å². The molecule has 3 rings (SSSR count). The van der Waals surface area contributed by atoms with Gasteiger partial charge in [0, 0.05) is 12.2 Å². The lowest BCUT2D eigenvalue weighted by Crippen LogP contribution is -2.20. The quantitative estimate of drug-likeness (QED) is 0.537. The summed E-state index contributed by atoms with van der Waals surface area (Å²) in [6.07, 6.45) is 0. The summed E-state index contributed by atoms with van der Waals surface area (Å²) in [7, 11) is 0. The van der Waals surface area contributed by atoms with Gasteiger partial charge in [-0.2, -0.15) is 0 Å². The van der Waals surface area contributed by atoms with Gasteiger partial charge in [0.25, 0.3) is 0 Å². The number of hydrogen-bond acceptors (Lipinski definition) is 2. The Morgan fingerprint density at radius 2 is 1.62 bits per heavy atom. The summed E-state index contributed by atoms with van der Waals surface area (Å²) in [5.74, 6) is -0.499. The number of carbonyl (C=O) groups excluding carboxylic acids is 1. The van der Waals surface area contributed by atoms with Crippen LogP contribution in [0.15, 0.2) is 72.8 Å². The van der Waals surface area contributed by atoms with Gasteiger partial charge in [-0.1, -0.05) is 54.1 Å². The maximum atomic E-state index is 13.6. The van der Waals surface area contributed by atoms with Gasteiger partial charge in [-0.05, 0) is 35.9 Å². The molecule has 0 radical (unpaired) electrons. The Labute approximate surface area is 156 Å². The molecule has 132 valence electrons. The van der Waals surface area contributed by atoms with Gasteiger partial charge >= 0.3 is 6.03 Å². The van der Waals surface area contributed by atoms with Crippen molar-refractivity contribution in [3.8, 4) is 0 Å². The van der Waals surface area contributed by atoms with Crippen molar-refractivity contribution < 1.29 is 9.18 Å². The molecule has 0 aromatic heterocycles. The van der Waals surface area contributed by atoms with Crippen LogP contribution < -0.4 is 16.0 Å². The molecule has 0 aliphatic rings. The third-order valence-electron chi connectivity index (χ3n) is 3.67. The van der Waals surface area contributed by atoms with E-state index in [0.717, 1.165) is 11.3 Å². The highest BCUT2D eigenvalue weighted by Crippen LogP contribution is 2.26. The summed E-state index contributed by atoms with van der Waals surface area (Å²) in [4.78, 5) is 12.0. The van der Waals surface area contributed by atoms with Crippen molar-refractivity contribution in [1.29, 1.82) is 0 Å². The average Bonchev–Trinajstić information content (AvgIpc) is 2.64. The Bertz CT molecular complexity index is 903. The van der Waals surface area contributed by atoms with Gasteiger partial charge in [-0.15, -0.1) is 0 Å². The number of para-hydroxylation sites is 1. The van der Waals surface area contributed by atoms with E-state index in [-0.39, 0.29) is 5.69 Å². The molecule has 26 heavy (non-hydrogen) atoms. The second-order valence-corrected chi connectivity index (χ2v) is 6.00. The summed E-state index contributed by atoms with van der Waals surface area (Å²) < 4.78 is 13.6. The van der Waals surface area contributed by atoms with Crippen molar-refractivity contribution in [2.45, 2.75) is 6.54 Å². The van der Waals surface area contributed by atoms with E-state index in [9.17, 15) is 9.18 Å². The fourth-order valence-corrected chi connectivity index (χ4v) is 2.62. The molecule has 3 aromatic rings. The second kappa shape index (κ2) is 8.36. The topological polar surface area (TPSA) is 53.2 Å². The standard InChI is InChI=1S/C20H17ClFN3O/c21-16-12-15(24-20(26)25-19-9-5-4-8-17(19)22)10-11-18(16)23-13-14-6-2-1-3-7-14/h1-12,23H,13H2,(H2,24,25,26). The molecular weight excluding hydrogens is 353 g/mol. The third-order valence-corrected chi connectivity index (χ3v) is 3.99. The van der Waals surface area contributed by atoms with Gasteiger partial charge in [0.1, 0.15) is 5.82 Å². The Balaban J connectivity index is 1.60. The average molecular weight is 370 g/mol. The lowest BCUT2D eigenvalue weighted by molar-refractivity contribution is 0.262. The Morgan fingerprint density at radius 3 is 2.35 bits per heavy atom. The zero-order valence-electron chi connectivity index (χ0n) is 13.8. The van der Waals surface area contributed by atoms with Crippen LogP contribution in [0.1, 0.15) is 5.56 Å². The van der Waals surface area contributed by atoms with E-state index in [1.54, 1.807) is 30.3 Å². The molecule has 0 aliphatic heterocycles. The first-order chi connectivity index (χ1) is 12.6. The van der Waals surface area contributed by atoms with Gasteiger partial charge in [0.05, 0.1) is 16.4 Å². The minimum Gasteiger partial charge on any atom is -0.380 e. The maximum absolute atomic E-state index is 13.6. The molecular formula is C20H17ClFN3O. The van der Waals surface area contributed by atoms with Crippen molar-refractivity contribution in [2.75, 3.05) is 16.0 Å². The number of carbonyl (C=O) groups is 1. The predicted molar refractivity (Wildman–Crippen MR) is 104 cm³/mol. The normalized spacial score (nSPS) is 10.2. The van der Waals surface area contributed by atoms with E-state index in [1.165, 1.54) is 12.1 Å². The molecule has 0 fully saturated rings. The van der Waals surface area contributed by atoms with Crippen LogP contribution in [0.5, 0.6) is 0 Å². The summed E-state index contributed by atoms with van der Waals surface area (Å²) in [6, 6.07) is 20.5. The second-order valence-electron chi connectivity index (χ2n) is 5.59. The van der Waals surface area contributed by atoms with Crippen LogP contribution in [0.4, 0.5) is 26.2 Å². The van der Waals surface area contributed by atoms with Crippen molar-refractivity contribution in [2.24, 2.45) is 0 Å². The summed E-state index contributed by atoms with van der Waals surface area (Å²) in [5, 5.41) is 8.81. The van der Waals surface area contributed by atoms with Gasteiger partial charge < -0.3 is 16.0 Å². The molecule has 0 saturated heterocycles. The van der Waals surface area contributed by atoms with Crippen molar-refractivity contribution in [3.63, 3.8) is 0 Å². The lowest BCUT2D eigenvalue weighted by Gasteiger charge is -2.12. The molecule has 0 spiro atoms. The summed E-state index contributed by atoms with van der Waals surface area (Å²) in [6.45, 7) is 0.640. The maximum Gasteiger partial charge on any atom is 0.323 e. The first-order valence-electron chi connectivity index (χ1n) is 8.02. The zero-order chi connectivity index (χ0) is 18.4. The number of halogens is 2. The number of benzene rings is 3. The number of nitrogens with one attached hydrogen (secondary N) is 3. The molecule has 4 nitrogen and oxygen atoms in total. The van der Waals surface area contributed by atoms with E-state index in [0.29, 0.717) is 17.3 Å². The first-order valence-corrected chi connectivity index (χ1v) is 8.39. The molecule has 0 atom stereocenters. The van der Waals surface area contributed by atoms with Crippen LogP contribution in [-0.2, 0) is 6.54 Å². The molecule has 2 amide bonds. The summed E-state index contributed by atoms with van der Waals surface area (Å²) in [5.41, 5.74) is 2.51. The van der Waals surface area contributed by atoms with Crippen LogP contribution in [0.25, 0.3) is 0 Å². The zero-order valence-corrected chi connectivity index (χ0v) is 14.6. The minimum atomic E-state index is -0.545. The smallest absolute Gasteiger partial charge is 0.323 e. The Morgan fingerprint density at radius 1 is 0.885 bits per heavy atom. The van der Waals surface area contributed by atoms with E-state index in [1.807, 2.05) is 30.3 Å². The molecule has 0 aliphatic carbocycles. The number of urea groups is 1. The lowest BCUT2D eigenvalue weighted by atomic mass is 10.2. The molecule has 0 unspecified atom stereocenters. The molecule has 0 heterocycles. The number of hydrogen-bond donors (Lipinski definition) is 3. The van der Waals surface area contributed by atoms with Gasteiger partial charge in [0.2, 0.25) is 0 Å². The predicted octanol–water partition coefficient (Wildman–Crippen LogP) is 5.74. The van der Waals surface area contributed by atoms with Gasteiger partial charge in [0.15, 0.2) is 0 Å². The molecule has 3 aromatic carbocycles. The number of amides is 2. The highest BCUT2D eigenvalue weighted by molar-refractivity contribution is 6.33. The molecule has 6 heteroatoms. The monoisotopic (exact) mass is 369 g/mol. The van der Waals surface area contributed by atoms with Crippen LogP contribution in [0, 0.1) is 5.82 Å². The van der Waals surface area contributed by atoms with Crippen molar-refractivity contribution in [1.82, 2.24) is 0 Å². The molecule has 0 bridgehead atoms. The van der Waals surface area contributed by atoms with E-state index in [4.69, 9.17) is 11.6 Å². The van der Waals surface area contributed by atoms with Crippen molar-refractivity contribution >= 4 is 34.7 Å².